The summed E-state index contributed by atoms with van der Waals surface area (Å²) in [5.74, 6) is -3.09. The molecule has 45 heavy (non-hydrogen) atoms. The van der Waals surface area contributed by atoms with Crippen LogP contribution < -0.4 is 24.6 Å². The van der Waals surface area contributed by atoms with E-state index in [1.807, 2.05) is 19.1 Å². The highest BCUT2D eigenvalue weighted by molar-refractivity contribution is 8.00. The van der Waals surface area contributed by atoms with Crippen LogP contribution in [0.25, 0.3) is 0 Å². The summed E-state index contributed by atoms with van der Waals surface area (Å²) in [7, 11) is 1.40. The Morgan fingerprint density at radius 3 is 2.51 bits per heavy atom. The third-order valence-corrected chi connectivity index (χ3v) is 9.98. The Balaban J connectivity index is 1.31. The molecule has 3 amide bonds. The fourth-order valence-electron chi connectivity index (χ4n) is 5.49. The van der Waals surface area contributed by atoms with Crippen molar-refractivity contribution in [2.45, 2.75) is 29.3 Å². The van der Waals surface area contributed by atoms with Crippen LogP contribution in [0.4, 0.5) is 24.5 Å². The second-order valence-electron chi connectivity index (χ2n) is 10.4. The number of H-pyrrole nitrogens is 1. The zero-order valence-electron chi connectivity index (χ0n) is 23.6. The Hall–Kier alpha value is -4.56. The van der Waals surface area contributed by atoms with E-state index in [9.17, 15) is 32.3 Å². The number of benzene rings is 3. The lowest BCUT2D eigenvalue weighted by molar-refractivity contribution is -0.137. The number of alkyl halides is 3. The number of carbonyl (C=O) groups excluding carboxylic acids is 3. The van der Waals surface area contributed by atoms with Crippen molar-refractivity contribution in [3.63, 3.8) is 0 Å². The van der Waals surface area contributed by atoms with Gasteiger partial charge in [-0.2, -0.15) is 13.2 Å². The third-order valence-electron chi connectivity index (χ3n) is 7.58. The van der Waals surface area contributed by atoms with Crippen LogP contribution in [0, 0.1) is 12.8 Å². The number of rotatable bonds is 7. The Bertz CT molecular complexity index is 1890. The number of hydrogen-bond donors (Lipinski definition) is 2. The van der Waals surface area contributed by atoms with Gasteiger partial charge in [0, 0.05) is 16.5 Å². The standard InChI is InChI=1S/C31H24F3N3O6S2/c1-15-6-3-4-9-19(15)35-22(38)14-43-20-11-10-16(12-21(20)42-2)23-24-26(44-27-25(23)45-30(41)36-27)29(40)37(28(24)39)18-8-5-7-17(13-18)31(32,33)34/h3-13,23-24,26H,14H2,1-2H3,(H,35,38)(H,36,41)/t23-,24-,26+/m0/s1. The molecule has 1 fully saturated rings. The first kappa shape index (κ1) is 30.5. The smallest absolute Gasteiger partial charge is 0.416 e. The maximum atomic E-state index is 13.9. The summed E-state index contributed by atoms with van der Waals surface area (Å²) in [6.07, 6.45) is -4.67. The molecule has 232 valence electrons. The van der Waals surface area contributed by atoms with Gasteiger partial charge < -0.3 is 19.8 Å². The van der Waals surface area contributed by atoms with Crippen LogP contribution in [0.5, 0.6) is 11.5 Å². The first-order valence-corrected chi connectivity index (χ1v) is 15.3. The van der Waals surface area contributed by atoms with Crippen molar-refractivity contribution in [2.75, 3.05) is 23.9 Å². The lowest BCUT2D eigenvalue weighted by atomic mass is 9.83. The van der Waals surface area contributed by atoms with Gasteiger partial charge in [0.15, 0.2) is 18.1 Å². The number of nitrogens with zero attached hydrogens (tertiary/aromatic N) is 1. The molecule has 4 aromatic rings. The summed E-state index contributed by atoms with van der Waals surface area (Å²) >= 11 is 1.91. The van der Waals surface area contributed by atoms with Gasteiger partial charge in [0.1, 0.15) is 5.25 Å². The summed E-state index contributed by atoms with van der Waals surface area (Å²) in [5, 5.41) is 2.20. The highest BCUT2D eigenvalue weighted by Crippen LogP contribution is 2.54. The third kappa shape index (κ3) is 5.71. The molecule has 0 spiro atoms. The molecule has 0 saturated carbocycles. The fourth-order valence-corrected chi connectivity index (χ4v) is 8.01. The van der Waals surface area contributed by atoms with Gasteiger partial charge >= 0.3 is 11.0 Å². The van der Waals surface area contributed by atoms with Gasteiger partial charge in [-0.05, 0) is 54.4 Å². The minimum atomic E-state index is -4.67. The number of amides is 3. The molecule has 2 aliphatic rings. The number of imide groups is 1. The number of fused-ring (bicyclic) bond motifs is 2. The van der Waals surface area contributed by atoms with Crippen LogP contribution >= 0.6 is 23.1 Å². The van der Waals surface area contributed by atoms with E-state index >= 15 is 0 Å². The number of aromatic amines is 1. The summed E-state index contributed by atoms with van der Waals surface area (Å²) in [6, 6.07) is 16.2. The maximum Gasteiger partial charge on any atom is 0.416 e. The number of thioether (sulfide) groups is 1. The molecular formula is C31H24F3N3O6S2. The van der Waals surface area contributed by atoms with Crippen LogP contribution in [-0.4, -0.2) is 41.7 Å². The topological polar surface area (TPSA) is 118 Å². The molecule has 3 heterocycles. The van der Waals surface area contributed by atoms with Crippen LogP contribution in [-0.2, 0) is 20.6 Å². The predicted molar refractivity (Wildman–Crippen MR) is 162 cm³/mol. The average Bonchev–Trinajstić information content (AvgIpc) is 3.50. The molecule has 6 rings (SSSR count). The Labute approximate surface area is 262 Å². The zero-order chi connectivity index (χ0) is 32.0. The van der Waals surface area contributed by atoms with E-state index in [-0.39, 0.29) is 28.7 Å². The lowest BCUT2D eigenvalue weighted by Gasteiger charge is -2.30. The molecule has 3 atom stereocenters. The van der Waals surface area contributed by atoms with E-state index in [2.05, 4.69) is 10.3 Å². The van der Waals surface area contributed by atoms with Crippen molar-refractivity contribution in [1.29, 1.82) is 0 Å². The maximum absolute atomic E-state index is 13.9. The minimum absolute atomic E-state index is 0.185. The summed E-state index contributed by atoms with van der Waals surface area (Å²) in [4.78, 5) is 56.1. The normalized spacial score (nSPS) is 19.2. The molecule has 2 aliphatic heterocycles. The van der Waals surface area contributed by atoms with Crippen molar-refractivity contribution in [1.82, 2.24) is 4.98 Å². The number of anilines is 2. The van der Waals surface area contributed by atoms with Crippen molar-refractivity contribution in [3.8, 4) is 11.5 Å². The molecule has 14 heteroatoms. The number of thiazole rings is 1. The Kier molecular flexibility index (Phi) is 7.95. The van der Waals surface area contributed by atoms with Crippen molar-refractivity contribution < 1.29 is 37.0 Å². The number of aryl methyl sites for hydroxylation is 1. The fraction of sp³-hybridized carbons (Fsp3) is 0.226. The van der Waals surface area contributed by atoms with E-state index in [4.69, 9.17) is 9.47 Å². The van der Waals surface area contributed by atoms with Gasteiger partial charge in [0.2, 0.25) is 11.8 Å². The molecular weight excluding hydrogens is 631 g/mol. The lowest BCUT2D eigenvalue weighted by Crippen LogP contribution is -2.32. The molecule has 9 nitrogen and oxygen atoms in total. The van der Waals surface area contributed by atoms with E-state index in [1.165, 1.54) is 13.2 Å². The van der Waals surface area contributed by atoms with E-state index in [0.717, 1.165) is 51.8 Å². The van der Waals surface area contributed by atoms with Crippen LogP contribution in [0.2, 0.25) is 0 Å². The molecule has 1 saturated heterocycles. The van der Waals surface area contributed by atoms with E-state index in [1.54, 1.807) is 30.3 Å². The van der Waals surface area contributed by atoms with Crippen LogP contribution in [0.1, 0.15) is 27.5 Å². The summed E-state index contributed by atoms with van der Waals surface area (Å²) in [5.41, 5.74) is 0.873. The van der Waals surface area contributed by atoms with Crippen LogP contribution in [0.3, 0.4) is 0 Å². The van der Waals surface area contributed by atoms with Gasteiger partial charge in [-0.3, -0.25) is 19.2 Å². The Morgan fingerprint density at radius 1 is 1.00 bits per heavy atom. The minimum Gasteiger partial charge on any atom is -0.493 e. The van der Waals surface area contributed by atoms with Crippen molar-refractivity contribution in [2.24, 2.45) is 5.92 Å². The highest BCUT2D eigenvalue weighted by Gasteiger charge is 2.56. The number of aromatic nitrogens is 1. The van der Waals surface area contributed by atoms with Crippen molar-refractivity contribution >= 4 is 52.2 Å². The molecule has 0 radical (unpaired) electrons. The monoisotopic (exact) mass is 655 g/mol. The first-order chi connectivity index (χ1) is 21.5. The molecule has 0 aliphatic carbocycles. The summed E-state index contributed by atoms with van der Waals surface area (Å²) < 4.78 is 51.6. The van der Waals surface area contributed by atoms with Crippen molar-refractivity contribution in [3.05, 3.63) is 98.0 Å². The molecule has 3 aromatic carbocycles. The van der Waals surface area contributed by atoms with E-state index < -0.39 is 46.5 Å². The average molecular weight is 656 g/mol. The molecule has 2 N–H and O–H groups in total. The van der Waals surface area contributed by atoms with Crippen LogP contribution in [0.15, 0.2) is 76.6 Å². The SMILES string of the molecule is COc1cc([C@@H]2c3sc(=O)[nH]c3S[C@H]3C(=O)N(c4cccc(C(F)(F)F)c4)C(=O)[C@@H]23)ccc1OCC(=O)Nc1ccccc1C. The second-order valence-corrected chi connectivity index (χ2v) is 12.5. The summed E-state index contributed by atoms with van der Waals surface area (Å²) in [6.45, 7) is 1.54. The van der Waals surface area contributed by atoms with Gasteiger partial charge in [0.25, 0.3) is 5.91 Å². The number of nitrogens with one attached hydrogen (secondary N) is 2. The largest absolute Gasteiger partial charge is 0.493 e. The second kappa shape index (κ2) is 11.7. The quantitative estimate of drug-likeness (QED) is 0.250. The number of ether oxygens (including phenoxy) is 2. The van der Waals surface area contributed by atoms with Gasteiger partial charge in [0.05, 0.1) is 29.3 Å². The molecule has 0 bridgehead atoms. The number of hydrogen-bond acceptors (Lipinski definition) is 8. The first-order valence-electron chi connectivity index (χ1n) is 13.6. The zero-order valence-corrected chi connectivity index (χ0v) is 25.3. The highest BCUT2D eigenvalue weighted by atomic mass is 32.2. The number of methoxy groups -OCH3 is 1. The number of carbonyl (C=O) groups is 3. The molecule has 0 unspecified atom stereocenters. The number of para-hydroxylation sites is 1. The van der Waals surface area contributed by atoms with E-state index in [0.29, 0.717) is 21.2 Å². The predicted octanol–water partition coefficient (Wildman–Crippen LogP) is 5.59. The van der Waals surface area contributed by atoms with Gasteiger partial charge in [-0.25, -0.2) is 4.90 Å². The van der Waals surface area contributed by atoms with Gasteiger partial charge in [-0.15, -0.1) is 0 Å². The van der Waals surface area contributed by atoms with Gasteiger partial charge in [-0.1, -0.05) is 53.4 Å². The Morgan fingerprint density at radius 2 is 1.78 bits per heavy atom. The number of halogens is 3. The molecule has 1 aromatic heterocycles.